The molecular formula is C14H19FN2OS. The maximum Gasteiger partial charge on any atom is 0.223 e. The summed E-state index contributed by atoms with van der Waals surface area (Å²) in [6, 6.07) is 6.58. The lowest BCUT2D eigenvalue weighted by atomic mass is 10.2. The van der Waals surface area contributed by atoms with Gasteiger partial charge >= 0.3 is 0 Å². The summed E-state index contributed by atoms with van der Waals surface area (Å²) in [5, 5.41) is 0. The Morgan fingerprint density at radius 2 is 2.16 bits per heavy atom. The molecular weight excluding hydrogens is 263 g/mol. The Labute approximate surface area is 117 Å². The molecule has 3 nitrogen and oxygen atoms in total. The van der Waals surface area contributed by atoms with E-state index in [2.05, 4.69) is 0 Å². The molecule has 0 saturated carbocycles. The van der Waals surface area contributed by atoms with Gasteiger partial charge in [-0.1, -0.05) is 0 Å². The molecule has 1 heterocycles. The van der Waals surface area contributed by atoms with E-state index in [1.165, 1.54) is 12.1 Å². The van der Waals surface area contributed by atoms with Crippen LogP contribution in [0.4, 0.5) is 4.39 Å². The molecule has 2 rings (SSSR count). The van der Waals surface area contributed by atoms with Crippen LogP contribution in [0.1, 0.15) is 19.3 Å². The fourth-order valence-electron chi connectivity index (χ4n) is 2.34. The second kappa shape index (κ2) is 6.91. The standard InChI is InChI=1S/C14H19FN2OS/c15-11-3-5-13(6-4-11)19-9-7-14(18)17-8-1-2-12(17)10-16/h3-6,12H,1-2,7-10,16H2. The van der Waals surface area contributed by atoms with Crippen molar-refractivity contribution < 1.29 is 9.18 Å². The minimum Gasteiger partial charge on any atom is -0.338 e. The number of thioether (sulfide) groups is 1. The Morgan fingerprint density at radius 1 is 1.42 bits per heavy atom. The van der Waals surface area contributed by atoms with E-state index in [1.54, 1.807) is 23.9 Å². The van der Waals surface area contributed by atoms with Gasteiger partial charge in [-0.3, -0.25) is 4.79 Å². The third kappa shape index (κ3) is 3.94. The number of hydrogen-bond donors (Lipinski definition) is 1. The van der Waals surface area contributed by atoms with E-state index >= 15 is 0 Å². The van der Waals surface area contributed by atoms with Crippen molar-refractivity contribution in [1.29, 1.82) is 0 Å². The molecule has 19 heavy (non-hydrogen) atoms. The SMILES string of the molecule is NCC1CCCN1C(=O)CCSc1ccc(F)cc1. The summed E-state index contributed by atoms with van der Waals surface area (Å²) in [6.07, 6.45) is 2.59. The molecule has 1 atom stereocenters. The number of hydrogen-bond acceptors (Lipinski definition) is 3. The lowest BCUT2D eigenvalue weighted by Gasteiger charge is -2.23. The molecule has 1 amide bonds. The largest absolute Gasteiger partial charge is 0.338 e. The Morgan fingerprint density at radius 3 is 2.84 bits per heavy atom. The quantitative estimate of drug-likeness (QED) is 0.843. The van der Waals surface area contributed by atoms with Gasteiger partial charge in [0.1, 0.15) is 5.82 Å². The van der Waals surface area contributed by atoms with Gasteiger partial charge in [0.25, 0.3) is 0 Å². The van der Waals surface area contributed by atoms with Gasteiger partial charge in [-0.2, -0.15) is 0 Å². The van der Waals surface area contributed by atoms with Gasteiger partial charge in [-0.25, -0.2) is 4.39 Å². The van der Waals surface area contributed by atoms with Crippen molar-refractivity contribution in [3.63, 3.8) is 0 Å². The molecule has 2 N–H and O–H groups in total. The molecule has 0 radical (unpaired) electrons. The van der Waals surface area contributed by atoms with Crippen LogP contribution in [-0.4, -0.2) is 35.7 Å². The topological polar surface area (TPSA) is 46.3 Å². The summed E-state index contributed by atoms with van der Waals surface area (Å²) in [6.45, 7) is 1.39. The van der Waals surface area contributed by atoms with Crippen LogP contribution in [0.3, 0.4) is 0 Å². The third-order valence-corrected chi connectivity index (χ3v) is 4.38. The van der Waals surface area contributed by atoms with Gasteiger partial charge in [0, 0.05) is 36.2 Å². The highest BCUT2D eigenvalue weighted by Gasteiger charge is 2.26. The Hall–Kier alpha value is -1.07. The zero-order valence-corrected chi connectivity index (χ0v) is 11.7. The molecule has 5 heteroatoms. The summed E-state index contributed by atoms with van der Waals surface area (Å²) < 4.78 is 12.7. The van der Waals surface area contributed by atoms with E-state index in [-0.39, 0.29) is 17.8 Å². The van der Waals surface area contributed by atoms with Gasteiger partial charge < -0.3 is 10.6 Å². The van der Waals surface area contributed by atoms with Crippen molar-refractivity contribution in [2.24, 2.45) is 5.73 Å². The second-order valence-corrected chi connectivity index (χ2v) is 5.84. The number of nitrogens with two attached hydrogens (primary N) is 1. The summed E-state index contributed by atoms with van der Waals surface area (Å²) in [5.41, 5.74) is 5.66. The van der Waals surface area contributed by atoms with E-state index in [9.17, 15) is 9.18 Å². The molecule has 1 aromatic carbocycles. The van der Waals surface area contributed by atoms with Gasteiger partial charge in [0.15, 0.2) is 0 Å². The minimum absolute atomic E-state index is 0.183. The Bertz CT molecular complexity index is 424. The smallest absolute Gasteiger partial charge is 0.223 e. The van der Waals surface area contributed by atoms with Crippen LogP contribution in [0.5, 0.6) is 0 Å². The molecule has 1 unspecified atom stereocenters. The molecule has 0 spiro atoms. The van der Waals surface area contributed by atoms with E-state index < -0.39 is 0 Å². The van der Waals surface area contributed by atoms with Crippen LogP contribution in [-0.2, 0) is 4.79 Å². The highest BCUT2D eigenvalue weighted by molar-refractivity contribution is 7.99. The number of benzene rings is 1. The van der Waals surface area contributed by atoms with Gasteiger partial charge in [0.05, 0.1) is 0 Å². The van der Waals surface area contributed by atoms with E-state index in [4.69, 9.17) is 5.73 Å². The second-order valence-electron chi connectivity index (χ2n) is 4.67. The molecule has 0 bridgehead atoms. The molecule has 1 fully saturated rings. The first kappa shape index (κ1) is 14.3. The lowest BCUT2D eigenvalue weighted by Crippen LogP contribution is -2.40. The number of rotatable bonds is 5. The highest BCUT2D eigenvalue weighted by atomic mass is 32.2. The normalized spacial score (nSPS) is 18.8. The number of nitrogens with zero attached hydrogens (tertiary/aromatic N) is 1. The molecule has 104 valence electrons. The van der Waals surface area contributed by atoms with Crippen LogP contribution in [0, 0.1) is 5.82 Å². The van der Waals surface area contributed by atoms with E-state index in [1.807, 2.05) is 4.90 Å². The maximum absolute atomic E-state index is 12.7. The zero-order chi connectivity index (χ0) is 13.7. The fraction of sp³-hybridized carbons (Fsp3) is 0.500. The van der Waals surface area contributed by atoms with Gasteiger partial charge in [-0.15, -0.1) is 11.8 Å². The fourth-order valence-corrected chi connectivity index (χ4v) is 3.18. The first-order chi connectivity index (χ1) is 9.20. The van der Waals surface area contributed by atoms with Crippen molar-refractivity contribution >= 4 is 17.7 Å². The van der Waals surface area contributed by atoms with Crippen LogP contribution in [0.2, 0.25) is 0 Å². The average molecular weight is 282 g/mol. The van der Waals surface area contributed by atoms with E-state index in [0.717, 1.165) is 30.0 Å². The number of amides is 1. The van der Waals surface area contributed by atoms with Crippen molar-refractivity contribution in [3.05, 3.63) is 30.1 Å². The first-order valence-electron chi connectivity index (χ1n) is 6.58. The number of halogens is 1. The summed E-state index contributed by atoms with van der Waals surface area (Å²) >= 11 is 1.58. The van der Waals surface area contributed by atoms with Crippen LogP contribution in [0.25, 0.3) is 0 Å². The predicted molar refractivity (Wildman–Crippen MR) is 75.5 cm³/mol. The summed E-state index contributed by atoms with van der Waals surface area (Å²) in [7, 11) is 0. The Kier molecular flexibility index (Phi) is 5.22. The number of likely N-dealkylation sites (tertiary alicyclic amines) is 1. The van der Waals surface area contributed by atoms with Crippen molar-refractivity contribution in [2.45, 2.75) is 30.2 Å². The van der Waals surface area contributed by atoms with Crippen LogP contribution < -0.4 is 5.73 Å². The lowest BCUT2D eigenvalue weighted by molar-refractivity contribution is -0.131. The predicted octanol–water partition coefficient (Wildman–Crippen LogP) is 2.26. The molecule has 1 aromatic rings. The summed E-state index contributed by atoms with van der Waals surface area (Å²) in [5.74, 6) is 0.670. The van der Waals surface area contributed by atoms with Crippen LogP contribution in [0.15, 0.2) is 29.2 Å². The minimum atomic E-state index is -0.233. The van der Waals surface area contributed by atoms with Crippen molar-refractivity contribution in [1.82, 2.24) is 4.90 Å². The van der Waals surface area contributed by atoms with Crippen LogP contribution >= 0.6 is 11.8 Å². The number of carbonyl (C=O) groups excluding carboxylic acids is 1. The first-order valence-corrected chi connectivity index (χ1v) is 7.57. The average Bonchev–Trinajstić information content (AvgIpc) is 2.89. The summed E-state index contributed by atoms with van der Waals surface area (Å²) in [4.78, 5) is 15.0. The molecule has 1 saturated heterocycles. The van der Waals surface area contributed by atoms with Crippen molar-refractivity contribution in [2.75, 3.05) is 18.8 Å². The van der Waals surface area contributed by atoms with Gasteiger partial charge in [0.2, 0.25) is 5.91 Å². The zero-order valence-electron chi connectivity index (χ0n) is 10.8. The Balaban J connectivity index is 1.76. The maximum atomic E-state index is 12.7. The molecule has 1 aliphatic heterocycles. The highest BCUT2D eigenvalue weighted by Crippen LogP contribution is 2.21. The molecule has 0 aliphatic carbocycles. The van der Waals surface area contributed by atoms with Crippen molar-refractivity contribution in [3.8, 4) is 0 Å². The number of carbonyl (C=O) groups is 1. The molecule has 0 aromatic heterocycles. The third-order valence-electron chi connectivity index (χ3n) is 3.37. The van der Waals surface area contributed by atoms with E-state index in [0.29, 0.717) is 13.0 Å². The van der Waals surface area contributed by atoms with Gasteiger partial charge in [-0.05, 0) is 37.1 Å². The molecule has 1 aliphatic rings. The monoisotopic (exact) mass is 282 g/mol.